The lowest BCUT2D eigenvalue weighted by molar-refractivity contribution is 0.0152. The molecule has 1 saturated heterocycles. The number of hydrogen-bond acceptors (Lipinski definition) is 4. The van der Waals surface area contributed by atoms with Gasteiger partial charge in [0, 0.05) is 25.4 Å². The standard InChI is InChI=1S/C18H28F3N3O/c1-17(19,20)15-12-25-23-16(15)13-4-9-24(10-5-13)11-8-18(21)6-2-14(22)3-7-18/h12-14H,2-11,22H2,1H3/t14-,18+. The molecule has 2 aliphatic rings. The van der Waals surface area contributed by atoms with Gasteiger partial charge in [-0.1, -0.05) is 5.16 Å². The Labute approximate surface area is 146 Å². The minimum Gasteiger partial charge on any atom is -0.364 e. The van der Waals surface area contributed by atoms with Crippen LogP contribution in [-0.4, -0.2) is 41.4 Å². The first-order valence-electron chi connectivity index (χ1n) is 9.26. The fourth-order valence-corrected chi connectivity index (χ4v) is 4.06. The Hall–Kier alpha value is -1.08. The van der Waals surface area contributed by atoms with Gasteiger partial charge in [-0.3, -0.25) is 0 Å². The summed E-state index contributed by atoms with van der Waals surface area (Å²) in [5, 5.41) is 3.82. The number of alkyl halides is 3. The van der Waals surface area contributed by atoms with E-state index in [1.807, 2.05) is 0 Å². The summed E-state index contributed by atoms with van der Waals surface area (Å²) in [6.07, 6.45) is 5.73. The Morgan fingerprint density at radius 3 is 2.52 bits per heavy atom. The highest BCUT2D eigenvalue weighted by atomic mass is 19.3. The second-order valence-electron chi connectivity index (χ2n) is 7.86. The molecule has 2 fully saturated rings. The summed E-state index contributed by atoms with van der Waals surface area (Å²) in [7, 11) is 0. The van der Waals surface area contributed by atoms with Crippen molar-refractivity contribution in [3.8, 4) is 0 Å². The minimum atomic E-state index is -2.94. The van der Waals surface area contributed by atoms with Crippen LogP contribution in [0.5, 0.6) is 0 Å². The molecule has 1 aromatic rings. The van der Waals surface area contributed by atoms with Crippen LogP contribution < -0.4 is 5.73 Å². The average molecular weight is 359 g/mol. The Morgan fingerprint density at radius 1 is 1.28 bits per heavy atom. The van der Waals surface area contributed by atoms with Gasteiger partial charge in [-0.2, -0.15) is 0 Å². The first kappa shape index (κ1) is 18.7. The van der Waals surface area contributed by atoms with Gasteiger partial charge in [0.1, 0.15) is 11.9 Å². The van der Waals surface area contributed by atoms with Gasteiger partial charge in [0.15, 0.2) is 0 Å². The number of aromatic nitrogens is 1. The third-order valence-electron chi connectivity index (χ3n) is 5.85. The molecule has 3 rings (SSSR count). The summed E-state index contributed by atoms with van der Waals surface area (Å²) in [5.74, 6) is -2.95. The van der Waals surface area contributed by atoms with Gasteiger partial charge in [0.05, 0.1) is 11.3 Å². The molecule has 1 saturated carbocycles. The van der Waals surface area contributed by atoms with Gasteiger partial charge >= 0.3 is 0 Å². The van der Waals surface area contributed by atoms with Crippen LogP contribution in [-0.2, 0) is 5.92 Å². The van der Waals surface area contributed by atoms with Crippen molar-refractivity contribution in [2.75, 3.05) is 19.6 Å². The summed E-state index contributed by atoms with van der Waals surface area (Å²) >= 11 is 0. The van der Waals surface area contributed by atoms with E-state index >= 15 is 0 Å². The third-order valence-corrected chi connectivity index (χ3v) is 5.85. The molecule has 1 aromatic heterocycles. The van der Waals surface area contributed by atoms with E-state index in [0.29, 0.717) is 31.5 Å². The lowest BCUT2D eigenvalue weighted by atomic mass is 9.81. The van der Waals surface area contributed by atoms with E-state index < -0.39 is 11.6 Å². The molecule has 2 heterocycles. The van der Waals surface area contributed by atoms with Crippen molar-refractivity contribution >= 4 is 0 Å². The first-order valence-corrected chi connectivity index (χ1v) is 9.26. The molecule has 0 spiro atoms. The summed E-state index contributed by atoms with van der Waals surface area (Å²) < 4.78 is 46.8. The van der Waals surface area contributed by atoms with Crippen molar-refractivity contribution < 1.29 is 17.7 Å². The van der Waals surface area contributed by atoms with E-state index in [0.717, 1.165) is 52.0 Å². The summed E-state index contributed by atoms with van der Waals surface area (Å²) in [5.41, 5.74) is 5.05. The maximum atomic E-state index is 14.8. The van der Waals surface area contributed by atoms with Crippen molar-refractivity contribution in [3.05, 3.63) is 17.5 Å². The number of piperidine rings is 1. The van der Waals surface area contributed by atoms with Crippen LogP contribution in [0, 0.1) is 0 Å². The van der Waals surface area contributed by atoms with E-state index in [1.165, 1.54) is 0 Å². The van der Waals surface area contributed by atoms with Crippen molar-refractivity contribution in [3.63, 3.8) is 0 Å². The largest absolute Gasteiger partial charge is 0.364 e. The lowest BCUT2D eigenvalue weighted by Crippen LogP contribution is -2.40. The normalized spacial score (nSPS) is 29.9. The van der Waals surface area contributed by atoms with E-state index in [1.54, 1.807) is 0 Å². The van der Waals surface area contributed by atoms with Crippen LogP contribution in [0.1, 0.15) is 69.0 Å². The van der Waals surface area contributed by atoms with Gasteiger partial charge in [-0.15, -0.1) is 0 Å². The molecular formula is C18H28F3N3O. The molecule has 0 atom stereocenters. The molecule has 0 amide bonds. The molecule has 0 aromatic carbocycles. The summed E-state index contributed by atoms with van der Waals surface area (Å²) in [4.78, 5) is 2.23. The van der Waals surface area contributed by atoms with Gasteiger partial charge in [0.25, 0.3) is 5.92 Å². The fraction of sp³-hybridized carbons (Fsp3) is 0.833. The first-order chi connectivity index (χ1) is 11.8. The molecule has 2 N–H and O–H groups in total. The average Bonchev–Trinajstić information content (AvgIpc) is 3.07. The zero-order chi connectivity index (χ0) is 18.1. The molecule has 142 valence electrons. The highest BCUT2D eigenvalue weighted by Gasteiger charge is 2.37. The van der Waals surface area contributed by atoms with Crippen LogP contribution in [0.3, 0.4) is 0 Å². The molecule has 1 aliphatic carbocycles. The van der Waals surface area contributed by atoms with Gasteiger partial charge in [0.2, 0.25) is 0 Å². The third kappa shape index (κ3) is 4.56. The highest BCUT2D eigenvalue weighted by Crippen LogP contribution is 2.38. The van der Waals surface area contributed by atoms with Crippen LogP contribution in [0.2, 0.25) is 0 Å². The Kier molecular flexibility index (Phi) is 5.44. The molecule has 4 nitrogen and oxygen atoms in total. The number of halogens is 3. The van der Waals surface area contributed by atoms with Crippen LogP contribution in [0.4, 0.5) is 13.2 Å². The lowest BCUT2D eigenvalue weighted by Gasteiger charge is -2.36. The van der Waals surface area contributed by atoms with Crippen molar-refractivity contribution in [2.45, 2.75) is 75.4 Å². The molecule has 0 unspecified atom stereocenters. The number of likely N-dealkylation sites (tertiary alicyclic amines) is 1. The zero-order valence-corrected chi connectivity index (χ0v) is 14.8. The van der Waals surface area contributed by atoms with Gasteiger partial charge in [-0.05, 0) is 58.0 Å². The second kappa shape index (κ2) is 7.27. The number of nitrogens with zero attached hydrogens (tertiary/aromatic N) is 2. The van der Waals surface area contributed by atoms with Gasteiger partial charge in [-0.25, -0.2) is 13.2 Å². The quantitative estimate of drug-likeness (QED) is 0.864. The van der Waals surface area contributed by atoms with E-state index in [-0.39, 0.29) is 17.5 Å². The SMILES string of the molecule is CC(F)(F)c1conc1C1CCN(CC[C@]2(F)CC[C@@H](N)CC2)CC1. The topological polar surface area (TPSA) is 55.3 Å². The number of rotatable bonds is 5. The predicted octanol–water partition coefficient (Wildman–Crippen LogP) is 3.97. The molecule has 0 bridgehead atoms. The van der Waals surface area contributed by atoms with E-state index in [4.69, 9.17) is 10.3 Å². The highest BCUT2D eigenvalue weighted by molar-refractivity contribution is 5.24. The van der Waals surface area contributed by atoms with Crippen LogP contribution in [0.15, 0.2) is 10.8 Å². The Morgan fingerprint density at radius 2 is 1.92 bits per heavy atom. The van der Waals surface area contributed by atoms with Crippen LogP contribution >= 0.6 is 0 Å². The number of hydrogen-bond donors (Lipinski definition) is 1. The van der Waals surface area contributed by atoms with Crippen molar-refractivity contribution in [2.24, 2.45) is 5.73 Å². The molecule has 7 heteroatoms. The molecular weight excluding hydrogens is 331 g/mol. The minimum absolute atomic E-state index is 0.0113. The maximum absolute atomic E-state index is 14.8. The molecule has 1 aliphatic heterocycles. The van der Waals surface area contributed by atoms with E-state index in [9.17, 15) is 13.2 Å². The Bertz CT molecular complexity index is 556. The molecule has 25 heavy (non-hydrogen) atoms. The summed E-state index contributed by atoms with van der Waals surface area (Å²) in [6, 6.07) is 0.146. The van der Waals surface area contributed by atoms with E-state index in [2.05, 4.69) is 10.1 Å². The van der Waals surface area contributed by atoms with Crippen molar-refractivity contribution in [1.82, 2.24) is 10.1 Å². The predicted molar refractivity (Wildman–Crippen MR) is 89.4 cm³/mol. The fourth-order valence-electron chi connectivity index (χ4n) is 4.06. The smallest absolute Gasteiger partial charge is 0.275 e. The monoisotopic (exact) mass is 359 g/mol. The van der Waals surface area contributed by atoms with Crippen LogP contribution in [0.25, 0.3) is 0 Å². The number of nitrogens with two attached hydrogens (primary N) is 1. The molecule has 0 radical (unpaired) electrons. The summed E-state index contributed by atoms with van der Waals surface area (Å²) in [6.45, 7) is 3.15. The maximum Gasteiger partial charge on any atom is 0.275 e. The van der Waals surface area contributed by atoms with Gasteiger partial charge < -0.3 is 15.2 Å². The van der Waals surface area contributed by atoms with Crippen molar-refractivity contribution in [1.29, 1.82) is 0 Å². The second-order valence-corrected chi connectivity index (χ2v) is 7.86. The zero-order valence-electron chi connectivity index (χ0n) is 14.8. The Balaban J connectivity index is 1.49.